The van der Waals surface area contributed by atoms with Crippen LogP contribution in [0.25, 0.3) is 0 Å². The zero-order valence-electron chi connectivity index (χ0n) is 14.1. The molecule has 0 aromatic heterocycles. The number of ether oxygens (including phenoxy) is 1. The van der Waals surface area contributed by atoms with E-state index in [9.17, 15) is 9.18 Å². The van der Waals surface area contributed by atoms with Crippen LogP contribution in [-0.2, 0) is 6.42 Å². The van der Waals surface area contributed by atoms with E-state index in [2.05, 4.69) is 10.6 Å². The first-order valence-corrected chi connectivity index (χ1v) is 8.75. The van der Waals surface area contributed by atoms with Crippen molar-refractivity contribution in [3.05, 3.63) is 59.9 Å². The van der Waals surface area contributed by atoms with Gasteiger partial charge in [0.25, 0.3) is 0 Å². The molecule has 25 heavy (non-hydrogen) atoms. The summed E-state index contributed by atoms with van der Waals surface area (Å²) in [6, 6.07) is 13.5. The summed E-state index contributed by atoms with van der Waals surface area (Å²) in [5, 5.41) is 5.55. The number of anilines is 1. The van der Waals surface area contributed by atoms with E-state index in [0.717, 1.165) is 24.2 Å². The van der Waals surface area contributed by atoms with Crippen LogP contribution >= 0.6 is 0 Å². The van der Waals surface area contributed by atoms with Crippen LogP contribution in [0.4, 0.5) is 14.9 Å². The van der Waals surface area contributed by atoms with Crippen LogP contribution in [0.2, 0.25) is 0 Å². The molecule has 0 heterocycles. The molecule has 0 aliphatic heterocycles. The Morgan fingerprint density at radius 2 is 1.88 bits per heavy atom. The number of benzene rings is 2. The predicted molar refractivity (Wildman–Crippen MR) is 96.5 cm³/mol. The molecule has 2 amide bonds. The van der Waals surface area contributed by atoms with Gasteiger partial charge in [0.2, 0.25) is 0 Å². The zero-order valence-corrected chi connectivity index (χ0v) is 14.1. The van der Waals surface area contributed by atoms with Crippen molar-refractivity contribution in [3.63, 3.8) is 0 Å². The number of rotatable bonds is 6. The van der Waals surface area contributed by atoms with Crippen LogP contribution in [0.5, 0.6) is 5.75 Å². The van der Waals surface area contributed by atoms with Gasteiger partial charge < -0.3 is 15.4 Å². The van der Waals surface area contributed by atoms with Crippen molar-refractivity contribution in [3.8, 4) is 5.75 Å². The number of hydrogen-bond acceptors (Lipinski definition) is 2. The number of carbonyl (C=O) groups excluding carboxylic acids is 1. The quantitative estimate of drug-likeness (QED) is 0.811. The first-order chi connectivity index (χ1) is 12.2. The molecule has 0 spiro atoms. The average Bonchev–Trinajstić information content (AvgIpc) is 3.10. The molecule has 0 unspecified atom stereocenters. The van der Waals surface area contributed by atoms with Crippen molar-refractivity contribution in [2.24, 2.45) is 0 Å². The van der Waals surface area contributed by atoms with Crippen molar-refractivity contribution in [1.29, 1.82) is 0 Å². The summed E-state index contributed by atoms with van der Waals surface area (Å²) < 4.78 is 19.0. The Morgan fingerprint density at radius 1 is 1.12 bits per heavy atom. The van der Waals surface area contributed by atoms with Gasteiger partial charge in [-0.05, 0) is 74.1 Å². The molecule has 1 fully saturated rings. The van der Waals surface area contributed by atoms with Crippen LogP contribution in [0, 0.1) is 5.82 Å². The second-order valence-electron chi connectivity index (χ2n) is 6.31. The standard InChI is InChI=1S/C20H23FN2O2/c21-16-5-3-4-15(14-16)12-13-22-20(24)23-17-8-10-19(11-9-17)25-18-6-1-2-7-18/h3-5,8-11,14,18H,1-2,6-7,12-13H2,(H2,22,23,24). The van der Waals surface area contributed by atoms with E-state index < -0.39 is 0 Å². The lowest BCUT2D eigenvalue weighted by Crippen LogP contribution is -2.30. The SMILES string of the molecule is O=C(NCCc1cccc(F)c1)Nc1ccc(OC2CCCC2)cc1. The van der Waals surface area contributed by atoms with E-state index >= 15 is 0 Å². The highest BCUT2D eigenvalue weighted by molar-refractivity contribution is 5.89. The molecule has 2 aromatic rings. The van der Waals surface area contributed by atoms with E-state index in [1.165, 1.54) is 25.0 Å². The number of amides is 2. The van der Waals surface area contributed by atoms with Crippen LogP contribution in [0.1, 0.15) is 31.2 Å². The Kier molecular flexibility index (Phi) is 5.88. The second kappa shape index (κ2) is 8.51. The van der Waals surface area contributed by atoms with Crippen LogP contribution < -0.4 is 15.4 Å². The third kappa shape index (κ3) is 5.48. The zero-order chi connectivity index (χ0) is 17.5. The molecule has 0 radical (unpaired) electrons. The van der Waals surface area contributed by atoms with E-state index in [0.29, 0.717) is 24.8 Å². The number of carbonyl (C=O) groups is 1. The average molecular weight is 342 g/mol. The molecule has 5 heteroatoms. The highest BCUT2D eigenvalue weighted by atomic mass is 19.1. The fourth-order valence-electron chi connectivity index (χ4n) is 3.00. The number of halogens is 1. The molecular weight excluding hydrogens is 319 g/mol. The van der Waals surface area contributed by atoms with Crippen molar-refractivity contribution in [1.82, 2.24) is 5.32 Å². The largest absolute Gasteiger partial charge is 0.490 e. The summed E-state index contributed by atoms with van der Waals surface area (Å²) in [6.45, 7) is 0.443. The Bertz CT molecular complexity index is 697. The first kappa shape index (κ1) is 17.3. The van der Waals surface area contributed by atoms with E-state index in [1.54, 1.807) is 6.07 Å². The third-order valence-corrected chi connectivity index (χ3v) is 4.31. The lowest BCUT2D eigenvalue weighted by molar-refractivity contribution is 0.210. The minimum Gasteiger partial charge on any atom is -0.490 e. The molecule has 2 N–H and O–H groups in total. The Balaban J connectivity index is 1.41. The molecule has 4 nitrogen and oxygen atoms in total. The minimum atomic E-state index is -0.277. The monoisotopic (exact) mass is 342 g/mol. The fraction of sp³-hybridized carbons (Fsp3) is 0.350. The van der Waals surface area contributed by atoms with Crippen molar-refractivity contribution >= 4 is 11.7 Å². The highest BCUT2D eigenvalue weighted by Gasteiger charge is 2.16. The van der Waals surface area contributed by atoms with Crippen molar-refractivity contribution in [2.75, 3.05) is 11.9 Å². The Labute approximate surface area is 147 Å². The van der Waals surface area contributed by atoms with E-state index in [1.807, 2.05) is 30.3 Å². The molecule has 1 aliphatic carbocycles. The Morgan fingerprint density at radius 3 is 2.60 bits per heavy atom. The van der Waals surface area contributed by atoms with Gasteiger partial charge in [0.05, 0.1) is 6.10 Å². The lowest BCUT2D eigenvalue weighted by atomic mass is 10.1. The maximum atomic E-state index is 13.1. The van der Waals surface area contributed by atoms with Gasteiger partial charge in [-0.25, -0.2) is 9.18 Å². The molecule has 0 atom stereocenters. The highest BCUT2D eigenvalue weighted by Crippen LogP contribution is 2.24. The van der Waals surface area contributed by atoms with Gasteiger partial charge in [-0.2, -0.15) is 0 Å². The molecule has 1 aliphatic rings. The normalized spacial score (nSPS) is 14.3. The molecule has 0 bridgehead atoms. The van der Waals surface area contributed by atoms with Crippen molar-refractivity contribution < 1.29 is 13.9 Å². The van der Waals surface area contributed by atoms with Crippen molar-refractivity contribution in [2.45, 2.75) is 38.2 Å². The molecular formula is C20H23FN2O2. The van der Waals surface area contributed by atoms with Crippen LogP contribution in [-0.4, -0.2) is 18.7 Å². The molecule has 2 aromatic carbocycles. The molecule has 1 saturated carbocycles. The molecule has 3 rings (SSSR count). The fourth-order valence-corrected chi connectivity index (χ4v) is 3.00. The third-order valence-electron chi connectivity index (χ3n) is 4.31. The summed E-state index contributed by atoms with van der Waals surface area (Å²) in [5.41, 5.74) is 1.57. The number of urea groups is 1. The summed E-state index contributed by atoms with van der Waals surface area (Å²) in [7, 11) is 0. The van der Waals surface area contributed by atoms with E-state index in [-0.39, 0.29) is 11.8 Å². The predicted octanol–water partition coefficient (Wildman–Crippen LogP) is 4.51. The minimum absolute atomic E-state index is 0.262. The number of hydrogen-bond donors (Lipinski definition) is 2. The molecule has 0 saturated heterocycles. The van der Waals surface area contributed by atoms with Gasteiger partial charge in [-0.15, -0.1) is 0 Å². The summed E-state index contributed by atoms with van der Waals surface area (Å²) in [5.74, 6) is 0.575. The lowest BCUT2D eigenvalue weighted by Gasteiger charge is -2.13. The summed E-state index contributed by atoms with van der Waals surface area (Å²) in [6.07, 6.45) is 5.62. The first-order valence-electron chi connectivity index (χ1n) is 8.75. The summed E-state index contributed by atoms with van der Waals surface area (Å²) in [4.78, 5) is 11.9. The Hall–Kier alpha value is -2.56. The number of nitrogens with one attached hydrogen (secondary N) is 2. The van der Waals surface area contributed by atoms with Crippen LogP contribution in [0.3, 0.4) is 0 Å². The van der Waals surface area contributed by atoms with Crippen LogP contribution in [0.15, 0.2) is 48.5 Å². The topological polar surface area (TPSA) is 50.4 Å². The van der Waals surface area contributed by atoms with Gasteiger partial charge >= 0.3 is 6.03 Å². The van der Waals surface area contributed by atoms with Gasteiger partial charge in [-0.3, -0.25) is 0 Å². The maximum Gasteiger partial charge on any atom is 0.319 e. The van der Waals surface area contributed by atoms with Gasteiger partial charge in [-0.1, -0.05) is 12.1 Å². The maximum absolute atomic E-state index is 13.1. The smallest absolute Gasteiger partial charge is 0.319 e. The second-order valence-corrected chi connectivity index (χ2v) is 6.31. The van der Waals surface area contributed by atoms with Gasteiger partial charge in [0, 0.05) is 12.2 Å². The summed E-state index contributed by atoms with van der Waals surface area (Å²) >= 11 is 0. The van der Waals surface area contributed by atoms with E-state index in [4.69, 9.17) is 4.74 Å². The van der Waals surface area contributed by atoms with Gasteiger partial charge in [0.15, 0.2) is 0 Å². The molecule has 132 valence electrons. The van der Waals surface area contributed by atoms with Gasteiger partial charge in [0.1, 0.15) is 11.6 Å².